The van der Waals surface area contributed by atoms with E-state index in [0.717, 1.165) is 6.07 Å². The van der Waals surface area contributed by atoms with E-state index in [2.05, 4.69) is 5.32 Å². The highest BCUT2D eigenvalue weighted by Crippen LogP contribution is 2.25. The van der Waals surface area contributed by atoms with E-state index < -0.39 is 10.7 Å². The number of nitro groups is 1. The molecule has 1 aromatic carbocycles. The Morgan fingerprint density at radius 1 is 1.50 bits per heavy atom. The van der Waals surface area contributed by atoms with Crippen LogP contribution in [0.2, 0.25) is 0 Å². The van der Waals surface area contributed by atoms with Gasteiger partial charge >= 0.3 is 0 Å². The Kier molecular flexibility index (Phi) is 5.03. The van der Waals surface area contributed by atoms with Crippen molar-refractivity contribution in [3.63, 3.8) is 0 Å². The maximum atomic E-state index is 12.9. The first-order valence-corrected chi connectivity index (χ1v) is 5.83. The molecule has 1 atom stereocenters. The molecule has 0 aliphatic carbocycles. The zero-order valence-corrected chi connectivity index (χ0v) is 10.5. The third kappa shape index (κ3) is 3.66. The van der Waals surface area contributed by atoms with Crippen LogP contribution in [0, 0.1) is 27.8 Å². The van der Waals surface area contributed by atoms with Crippen LogP contribution < -0.4 is 11.1 Å². The molecule has 0 radical (unpaired) electrons. The first-order valence-electron chi connectivity index (χ1n) is 5.83. The fourth-order valence-electron chi connectivity index (χ4n) is 1.64. The van der Waals surface area contributed by atoms with E-state index >= 15 is 0 Å². The molecule has 0 fully saturated rings. The SMILES string of the molecule is CC(C)C(CN)CNc1ccc(F)cc1[N+](=O)[O-]. The fourth-order valence-corrected chi connectivity index (χ4v) is 1.64. The number of nitro benzene ring substituents is 1. The summed E-state index contributed by atoms with van der Waals surface area (Å²) in [7, 11) is 0. The van der Waals surface area contributed by atoms with Gasteiger partial charge in [-0.15, -0.1) is 0 Å². The Morgan fingerprint density at radius 3 is 2.67 bits per heavy atom. The monoisotopic (exact) mass is 255 g/mol. The highest BCUT2D eigenvalue weighted by atomic mass is 19.1. The summed E-state index contributed by atoms with van der Waals surface area (Å²) in [5, 5.41) is 13.8. The van der Waals surface area contributed by atoms with Crippen molar-refractivity contribution >= 4 is 11.4 Å². The minimum Gasteiger partial charge on any atom is -0.379 e. The van der Waals surface area contributed by atoms with E-state index in [1.165, 1.54) is 12.1 Å². The summed E-state index contributed by atoms with van der Waals surface area (Å²) in [5.74, 6) is -0.0249. The summed E-state index contributed by atoms with van der Waals surface area (Å²) in [4.78, 5) is 10.2. The van der Waals surface area contributed by atoms with Gasteiger partial charge in [0.25, 0.3) is 5.69 Å². The third-order valence-electron chi connectivity index (χ3n) is 2.96. The van der Waals surface area contributed by atoms with Crippen LogP contribution >= 0.6 is 0 Å². The molecule has 5 nitrogen and oxygen atoms in total. The molecule has 0 aliphatic heterocycles. The summed E-state index contributed by atoms with van der Waals surface area (Å²) in [6.45, 7) is 5.11. The van der Waals surface area contributed by atoms with Gasteiger partial charge in [-0.1, -0.05) is 13.8 Å². The van der Waals surface area contributed by atoms with Crippen LogP contribution in [0.5, 0.6) is 0 Å². The molecule has 18 heavy (non-hydrogen) atoms. The Balaban J connectivity index is 2.81. The number of benzene rings is 1. The number of anilines is 1. The van der Waals surface area contributed by atoms with Crippen molar-refractivity contribution in [2.75, 3.05) is 18.4 Å². The van der Waals surface area contributed by atoms with Gasteiger partial charge in [-0.05, 0) is 30.5 Å². The van der Waals surface area contributed by atoms with Crippen molar-refractivity contribution in [2.45, 2.75) is 13.8 Å². The maximum Gasteiger partial charge on any atom is 0.295 e. The first-order chi connectivity index (χ1) is 8.45. The van der Waals surface area contributed by atoms with E-state index in [4.69, 9.17) is 5.73 Å². The first kappa shape index (κ1) is 14.4. The van der Waals surface area contributed by atoms with Crippen molar-refractivity contribution in [3.8, 4) is 0 Å². The largest absolute Gasteiger partial charge is 0.379 e. The number of hydrogen-bond acceptors (Lipinski definition) is 4. The average Bonchev–Trinajstić information content (AvgIpc) is 2.30. The fraction of sp³-hybridized carbons (Fsp3) is 0.500. The highest BCUT2D eigenvalue weighted by Gasteiger charge is 2.17. The van der Waals surface area contributed by atoms with Crippen LogP contribution in [-0.2, 0) is 0 Å². The van der Waals surface area contributed by atoms with Gasteiger partial charge in [0.05, 0.1) is 11.0 Å². The average molecular weight is 255 g/mol. The zero-order chi connectivity index (χ0) is 13.7. The Hall–Kier alpha value is -1.69. The molecule has 1 unspecified atom stereocenters. The molecule has 0 bridgehead atoms. The van der Waals surface area contributed by atoms with E-state index in [-0.39, 0.29) is 11.6 Å². The van der Waals surface area contributed by atoms with Gasteiger partial charge in [-0.2, -0.15) is 0 Å². The van der Waals surface area contributed by atoms with Crippen LogP contribution in [0.4, 0.5) is 15.8 Å². The standard InChI is InChI=1S/C12H18FN3O2/c1-8(2)9(6-14)7-15-11-4-3-10(13)5-12(11)16(17)18/h3-5,8-9,15H,6-7,14H2,1-2H3. The second-order valence-corrected chi connectivity index (χ2v) is 4.54. The second kappa shape index (κ2) is 6.30. The molecule has 3 N–H and O–H groups in total. The summed E-state index contributed by atoms with van der Waals surface area (Å²) < 4.78 is 12.9. The van der Waals surface area contributed by atoms with Gasteiger partial charge in [-0.25, -0.2) is 4.39 Å². The molecule has 0 aromatic heterocycles. The van der Waals surface area contributed by atoms with Crippen LogP contribution in [0.3, 0.4) is 0 Å². The van der Waals surface area contributed by atoms with Crippen molar-refractivity contribution in [3.05, 3.63) is 34.1 Å². The summed E-state index contributed by atoms with van der Waals surface area (Å²) >= 11 is 0. The second-order valence-electron chi connectivity index (χ2n) is 4.54. The lowest BCUT2D eigenvalue weighted by Gasteiger charge is -2.19. The number of nitrogens with two attached hydrogens (primary N) is 1. The van der Waals surface area contributed by atoms with Gasteiger partial charge < -0.3 is 11.1 Å². The summed E-state index contributed by atoms with van der Waals surface area (Å²) in [6.07, 6.45) is 0. The van der Waals surface area contributed by atoms with E-state index in [1.807, 2.05) is 13.8 Å². The molecule has 100 valence electrons. The van der Waals surface area contributed by atoms with Crippen LogP contribution in [0.1, 0.15) is 13.8 Å². The van der Waals surface area contributed by atoms with Crippen molar-refractivity contribution < 1.29 is 9.31 Å². The predicted octanol–water partition coefficient (Wildman–Crippen LogP) is 2.38. The van der Waals surface area contributed by atoms with E-state index in [1.54, 1.807) is 0 Å². The van der Waals surface area contributed by atoms with Gasteiger partial charge in [0, 0.05) is 6.54 Å². The minimum absolute atomic E-state index is 0.217. The van der Waals surface area contributed by atoms with Gasteiger partial charge in [0.1, 0.15) is 11.5 Å². The lowest BCUT2D eigenvalue weighted by Crippen LogP contribution is -2.27. The number of nitrogens with zero attached hydrogens (tertiary/aromatic N) is 1. The van der Waals surface area contributed by atoms with Gasteiger partial charge in [0.15, 0.2) is 0 Å². The topological polar surface area (TPSA) is 81.2 Å². The summed E-state index contributed by atoms with van der Waals surface area (Å²) in [5.41, 5.74) is 5.69. The van der Waals surface area contributed by atoms with E-state index in [0.29, 0.717) is 24.7 Å². The molecule has 0 heterocycles. The lowest BCUT2D eigenvalue weighted by atomic mass is 9.96. The number of hydrogen-bond donors (Lipinski definition) is 2. The normalized spacial score (nSPS) is 12.5. The smallest absolute Gasteiger partial charge is 0.295 e. The maximum absolute atomic E-state index is 12.9. The summed E-state index contributed by atoms with van der Waals surface area (Å²) in [6, 6.07) is 3.48. The Bertz CT molecular complexity index is 424. The number of halogens is 1. The van der Waals surface area contributed by atoms with Crippen LogP contribution in [-0.4, -0.2) is 18.0 Å². The number of nitrogens with one attached hydrogen (secondary N) is 1. The highest BCUT2D eigenvalue weighted by molar-refractivity contribution is 5.61. The molecule has 0 aliphatic rings. The minimum atomic E-state index is -0.619. The molecule has 1 rings (SSSR count). The molecular formula is C12H18FN3O2. The zero-order valence-electron chi connectivity index (χ0n) is 10.5. The van der Waals surface area contributed by atoms with Crippen molar-refractivity contribution in [2.24, 2.45) is 17.6 Å². The van der Waals surface area contributed by atoms with Crippen LogP contribution in [0.15, 0.2) is 18.2 Å². The van der Waals surface area contributed by atoms with Gasteiger partial charge in [-0.3, -0.25) is 10.1 Å². The molecule has 0 amide bonds. The molecule has 1 aromatic rings. The van der Waals surface area contributed by atoms with Crippen molar-refractivity contribution in [1.29, 1.82) is 0 Å². The Labute approximate surface area is 105 Å². The quantitative estimate of drug-likeness (QED) is 0.604. The van der Waals surface area contributed by atoms with Crippen molar-refractivity contribution in [1.82, 2.24) is 0 Å². The lowest BCUT2D eigenvalue weighted by molar-refractivity contribution is -0.384. The third-order valence-corrected chi connectivity index (χ3v) is 2.96. The molecule has 0 saturated carbocycles. The van der Waals surface area contributed by atoms with Crippen LogP contribution in [0.25, 0.3) is 0 Å². The molecule has 0 saturated heterocycles. The predicted molar refractivity (Wildman–Crippen MR) is 68.9 cm³/mol. The molecule has 0 spiro atoms. The molecule has 6 heteroatoms. The molecular weight excluding hydrogens is 237 g/mol. The van der Waals surface area contributed by atoms with Gasteiger partial charge in [0.2, 0.25) is 0 Å². The van der Waals surface area contributed by atoms with E-state index in [9.17, 15) is 14.5 Å². The number of rotatable bonds is 6. The Morgan fingerprint density at radius 2 is 2.17 bits per heavy atom.